The van der Waals surface area contributed by atoms with Gasteiger partial charge in [0.05, 0.1) is 6.21 Å². The summed E-state index contributed by atoms with van der Waals surface area (Å²) in [4.78, 5) is 5.08. The second-order valence-electron chi connectivity index (χ2n) is 4.06. The van der Waals surface area contributed by atoms with E-state index in [4.69, 9.17) is 16.4 Å². The normalized spacial score (nSPS) is 11.2. The van der Waals surface area contributed by atoms with Crippen LogP contribution in [0.2, 0.25) is 5.02 Å². The Bertz CT molecular complexity index is 585. The number of oxime groups is 1. The van der Waals surface area contributed by atoms with Gasteiger partial charge in [0.15, 0.2) is 0 Å². The SMILES string of the molecule is FC(F)c1ccccc1C=NOCc1ccc(Cl)cc1. The van der Waals surface area contributed by atoms with E-state index < -0.39 is 6.43 Å². The van der Waals surface area contributed by atoms with Gasteiger partial charge in [0.1, 0.15) is 6.61 Å². The van der Waals surface area contributed by atoms with Crippen LogP contribution >= 0.6 is 11.6 Å². The summed E-state index contributed by atoms with van der Waals surface area (Å²) in [6.45, 7) is 0.254. The smallest absolute Gasteiger partial charge is 0.264 e. The summed E-state index contributed by atoms with van der Waals surface area (Å²) in [5.41, 5.74) is 1.18. The van der Waals surface area contributed by atoms with E-state index in [0.29, 0.717) is 10.6 Å². The molecule has 0 N–H and O–H groups in total. The van der Waals surface area contributed by atoms with Crippen LogP contribution in [0.15, 0.2) is 53.7 Å². The van der Waals surface area contributed by atoms with E-state index in [-0.39, 0.29) is 12.2 Å². The molecule has 20 heavy (non-hydrogen) atoms. The number of hydrogen-bond acceptors (Lipinski definition) is 2. The van der Waals surface area contributed by atoms with Crippen molar-refractivity contribution < 1.29 is 13.6 Å². The molecular weight excluding hydrogens is 284 g/mol. The van der Waals surface area contributed by atoms with E-state index in [1.54, 1.807) is 30.3 Å². The van der Waals surface area contributed by atoms with Crippen molar-refractivity contribution in [2.45, 2.75) is 13.0 Å². The fraction of sp³-hybridized carbons (Fsp3) is 0.133. The van der Waals surface area contributed by atoms with Crippen LogP contribution in [0.4, 0.5) is 8.78 Å². The summed E-state index contributed by atoms with van der Waals surface area (Å²) < 4.78 is 25.4. The Morgan fingerprint density at radius 2 is 1.80 bits per heavy atom. The minimum absolute atomic E-state index is 0.0636. The van der Waals surface area contributed by atoms with Crippen LogP contribution in [0, 0.1) is 0 Å². The predicted molar refractivity (Wildman–Crippen MR) is 75.2 cm³/mol. The zero-order chi connectivity index (χ0) is 14.4. The van der Waals surface area contributed by atoms with Crippen molar-refractivity contribution >= 4 is 17.8 Å². The highest BCUT2D eigenvalue weighted by Crippen LogP contribution is 2.21. The standard InChI is InChI=1S/C15H12ClF2NO/c16-13-7-5-11(6-8-13)10-20-19-9-12-3-1-2-4-14(12)15(17)18/h1-9,15H,10H2. The maximum Gasteiger partial charge on any atom is 0.264 e. The monoisotopic (exact) mass is 295 g/mol. The van der Waals surface area contributed by atoms with Crippen molar-refractivity contribution in [1.29, 1.82) is 0 Å². The fourth-order valence-electron chi connectivity index (χ4n) is 1.61. The average Bonchev–Trinajstić information content (AvgIpc) is 2.46. The first kappa shape index (κ1) is 14.5. The Labute approximate surface area is 120 Å². The molecule has 0 heterocycles. The number of halogens is 3. The average molecular weight is 296 g/mol. The van der Waals surface area contributed by atoms with Gasteiger partial charge >= 0.3 is 0 Å². The lowest BCUT2D eigenvalue weighted by Crippen LogP contribution is -1.94. The maximum absolute atomic E-state index is 12.7. The quantitative estimate of drug-likeness (QED) is 0.572. The van der Waals surface area contributed by atoms with Crippen LogP contribution in [-0.2, 0) is 11.4 Å². The molecule has 0 bridgehead atoms. The molecule has 2 aromatic carbocycles. The Morgan fingerprint density at radius 1 is 1.10 bits per heavy atom. The van der Waals surface area contributed by atoms with E-state index in [2.05, 4.69) is 5.16 Å². The Kier molecular flexibility index (Phi) is 5.07. The molecule has 0 aromatic heterocycles. The van der Waals surface area contributed by atoms with Gasteiger partial charge in [0.2, 0.25) is 0 Å². The maximum atomic E-state index is 12.7. The molecule has 2 aromatic rings. The molecule has 0 aliphatic heterocycles. The Balaban J connectivity index is 1.95. The number of nitrogens with zero attached hydrogens (tertiary/aromatic N) is 1. The Morgan fingerprint density at radius 3 is 2.50 bits per heavy atom. The van der Waals surface area contributed by atoms with Crippen LogP contribution < -0.4 is 0 Å². The molecule has 0 atom stereocenters. The second kappa shape index (κ2) is 7.01. The third kappa shape index (κ3) is 4.03. The van der Waals surface area contributed by atoms with E-state index in [0.717, 1.165) is 5.56 Å². The summed E-state index contributed by atoms with van der Waals surface area (Å²) in [6.07, 6.45) is -1.24. The van der Waals surface area contributed by atoms with Crippen molar-refractivity contribution in [3.63, 3.8) is 0 Å². The molecule has 0 amide bonds. The van der Waals surface area contributed by atoms with Gasteiger partial charge in [-0.25, -0.2) is 8.78 Å². The molecule has 0 radical (unpaired) electrons. The Hall–Kier alpha value is -1.94. The lowest BCUT2D eigenvalue weighted by molar-refractivity contribution is 0.132. The summed E-state index contributed by atoms with van der Waals surface area (Å²) >= 11 is 5.76. The number of benzene rings is 2. The summed E-state index contributed by atoms with van der Waals surface area (Å²) in [6, 6.07) is 13.3. The molecule has 0 saturated carbocycles. The van der Waals surface area contributed by atoms with E-state index in [1.807, 2.05) is 12.1 Å². The predicted octanol–water partition coefficient (Wildman–Crippen LogP) is 4.83. The molecule has 0 spiro atoms. The topological polar surface area (TPSA) is 21.6 Å². The van der Waals surface area contributed by atoms with Crippen molar-refractivity contribution in [2.75, 3.05) is 0 Å². The zero-order valence-electron chi connectivity index (χ0n) is 10.5. The fourth-order valence-corrected chi connectivity index (χ4v) is 1.74. The van der Waals surface area contributed by atoms with Crippen LogP contribution in [0.25, 0.3) is 0 Å². The first-order valence-corrected chi connectivity index (χ1v) is 6.31. The minimum Gasteiger partial charge on any atom is -0.391 e. The molecule has 0 aliphatic rings. The lowest BCUT2D eigenvalue weighted by atomic mass is 10.1. The highest BCUT2D eigenvalue weighted by atomic mass is 35.5. The molecular formula is C15H12ClF2NO. The summed E-state index contributed by atoms with van der Waals surface area (Å²) in [5.74, 6) is 0. The molecule has 0 aliphatic carbocycles. The first-order valence-electron chi connectivity index (χ1n) is 5.93. The van der Waals surface area contributed by atoms with E-state index in [1.165, 1.54) is 12.3 Å². The third-order valence-electron chi connectivity index (χ3n) is 2.64. The second-order valence-corrected chi connectivity index (χ2v) is 4.50. The summed E-state index contributed by atoms with van der Waals surface area (Å²) in [7, 11) is 0. The van der Waals surface area contributed by atoms with Crippen molar-refractivity contribution in [2.24, 2.45) is 5.16 Å². The van der Waals surface area contributed by atoms with E-state index >= 15 is 0 Å². The van der Waals surface area contributed by atoms with Gasteiger partial charge in [-0.15, -0.1) is 0 Å². The van der Waals surface area contributed by atoms with Gasteiger partial charge in [0, 0.05) is 16.1 Å². The molecule has 5 heteroatoms. The van der Waals surface area contributed by atoms with Crippen LogP contribution in [-0.4, -0.2) is 6.21 Å². The zero-order valence-corrected chi connectivity index (χ0v) is 11.2. The highest BCUT2D eigenvalue weighted by Gasteiger charge is 2.10. The van der Waals surface area contributed by atoms with Crippen LogP contribution in [0.1, 0.15) is 23.1 Å². The number of rotatable bonds is 5. The van der Waals surface area contributed by atoms with Gasteiger partial charge in [-0.3, -0.25) is 0 Å². The van der Waals surface area contributed by atoms with Gasteiger partial charge in [-0.05, 0) is 17.7 Å². The third-order valence-corrected chi connectivity index (χ3v) is 2.89. The van der Waals surface area contributed by atoms with Crippen molar-refractivity contribution in [3.05, 3.63) is 70.2 Å². The summed E-state index contributed by atoms with van der Waals surface area (Å²) in [5, 5.41) is 4.35. The highest BCUT2D eigenvalue weighted by molar-refractivity contribution is 6.30. The lowest BCUT2D eigenvalue weighted by Gasteiger charge is -2.03. The van der Waals surface area contributed by atoms with Crippen LogP contribution in [0.5, 0.6) is 0 Å². The van der Waals surface area contributed by atoms with Gasteiger partial charge in [-0.2, -0.15) is 0 Å². The van der Waals surface area contributed by atoms with Crippen molar-refractivity contribution in [3.8, 4) is 0 Å². The van der Waals surface area contributed by atoms with Gasteiger partial charge < -0.3 is 4.84 Å². The molecule has 104 valence electrons. The largest absolute Gasteiger partial charge is 0.391 e. The molecule has 2 nitrogen and oxygen atoms in total. The van der Waals surface area contributed by atoms with Crippen molar-refractivity contribution in [1.82, 2.24) is 0 Å². The first-order chi connectivity index (χ1) is 9.66. The minimum atomic E-state index is -2.53. The molecule has 0 fully saturated rings. The van der Waals surface area contributed by atoms with Crippen LogP contribution in [0.3, 0.4) is 0 Å². The number of hydrogen-bond donors (Lipinski definition) is 0. The van der Waals surface area contributed by atoms with Gasteiger partial charge in [0.25, 0.3) is 6.43 Å². The molecule has 0 saturated heterocycles. The number of alkyl halides is 2. The molecule has 2 rings (SSSR count). The molecule has 0 unspecified atom stereocenters. The van der Waals surface area contributed by atoms with Gasteiger partial charge in [-0.1, -0.05) is 53.2 Å². The van der Waals surface area contributed by atoms with E-state index in [9.17, 15) is 8.78 Å².